The fourth-order valence-electron chi connectivity index (χ4n) is 2.60. The molecule has 0 saturated heterocycles. The van der Waals surface area contributed by atoms with E-state index in [1.54, 1.807) is 17.1 Å². The Kier molecular flexibility index (Phi) is 5.44. The van der Waals surface area contributed by atoms with Crippen molar-refractivity contribution in [3.8, 4) is 0 Å². The van der Waals surface area contributed by atoms with E-state index in [0.717, 1.165) is 10.5 Å². The number of thiophene rings is 1. The summed E-state index contributed by atoms with van der Waals surface area (Å²) in [5.41, 5.74) is 4.58. The van der Waals surface area contributed by atoms with E-state index >= 15 is 0 Å². The van der Waals surface area contributed by atoms with E-state index in [4.69, 9.17) is 5.73 Å². The summed E-state index contributed by atoms with van der Waals surface area (Å²) in [5, 5.41) is 6.88. The van der Waals surface area contributed by atoms with Crippen molar-refractivity contribution < 1.29 is 22.8 Å². The minimum Gasteiger partial charge on any atom is -0.365 e. The molecule has 0 aliphatic heterocycles. The zero-order valence-electron chi connectivity index (χ0n) is 14.3. The van der Waals surface area contributed by atoms with Gasteiger partial charge in [-0.1, -0.05) is 0 Å². The lowest BCUT2D eigenvalue weighted by molar-refractivity contribution is -0.141. The molecule has 3 aromatic rings. The van der Waals surface area contributed by atoms with Gasteiger partial charge >= 0.3 is 6.18 Å². The average Bonchev–Trinajstić information content (AvgIpc) is 3.16. The third-order valence-electron chi connectivity index (χ3n) is 3.81. The summed E-state index contributed by atoms with van der Waals surface area (Å²) in [6.45, 7) is 1.73. The first-order valence-corrected chi connectivity index (χ1v) is 9.46. The van der Waals surface area contributed by atoms with Gasteiger partial charge in [0, 0.05) is 24.5 Å². The number of amides is 2. The van der Waals surface area contributed by atoms with E-state index in [2.05, 4.69) is 31.3 Å². The van der Waals surface area contributed by atoms with Gasteiger partial charge in [0.15, 0.2) is 0 Å². The van der Waals surface area contributed by atoms with Gasteiger partial charge in [-0.25, -0.2) is 4.98 Å². The van der Waals surface area contributed by atoms with Gasteiger partial charge < -0.3 is 11.1 Å². The summed E-state index contributed by atoms with van der Waals surface area (Å²) in [5.74, 6) is -1.30. The smallest absolute Gasteiger partial charge is 0.365 e. The van der Waals surface area contributed by atoms with Gasteiger partial charge in [-0.15, -0.1) is 11.3 Å². The maximum absolute atomic E-state index is 13.0. The number of nitrogens with one attached hydrogen (secondary N) is 1. The number of anilines is 1. The highest BCUT2D eigenvalue weighted by Crippen LogP contribution is 2.39. The van der Waals surface area contributed by atoms with E-state index in [0.29, 0.717) is 11.3 Å². The number of rotatable bonds is 5. The quantitative estimate of drug-likeness (QED) is 0.586. The van der Waals surface area contributed by atoms with Gasteiger partial charge in [0.05, 0.1) is 16.4 Å². The maximum Gasteiger partial charge on any atom is 0.433 e. The Morgan fingerprint density at radius 3 is 2.68 bits per heavy atom. The fourth-order valence-corrected chi connectivity index (χ4v) is 3.99. The summed E-state index contributed by atoms with van der Waals surface area (Å²) in [6.07, 6.45) is -1.33. The van der Waals surface area contributed by atoms with E-state index < -0.39 is 23.7 Å². The second-order valence-corrected chi connectivity index (χ2v) is 7.81. The molecule has 3 aromatic heterocycles. The van der Waals surface area contributed by atoms with Crippen LogP contribution in [0.3, 0.4) is 0 Å². The number of nitrogens with zero attached hydrogens (tertiary/aromatic N) is 3. The predicted molar refractivity (Wildman–Crippen MR) is 101 cm³/mol. The van der Waals surface area contributed by atoms with Crippen molar-refractivity contribution in [1.29, 1.82) is 0 Å². The first-order valence-electron chi connectivity index (χ1n) is 7.85. The zero-order valence-corrected chi connectivity index (χ0v) is 16.7. The van der Waals surface area contributed by atoms with Crippen molar-refractivity contribution >= 4 is 55.0 Å². The minimum atomic E-state index is -4.63. The van der Waals surface area contributed by atoms with Gasteiger partial charge in [0.2, 0.25) is 5.91 Å². The Morgan fingerprint density at radius 2 is 2.11 bits per heavy atom. The molecule has 0 fully saturated rings. The van der Waals surface area contributed by atoms with Gasteiger partial charge in [-0.2, -0.15) is 18.3 Å². The first kappa shape index (κ1) is 20.3. The number of primary amides is 1. The Labute approximate surface area is 168 Å². The molecule has 0 bridgehead atoms. The number of carbonyl (C=O) groups is 2. The van der Waals surface area contributed by atoms with Crippen LogP contribution < -0.4 is 11.1 Å². The van der Waals surface area contributed by atoms with E-state index in [-0.39, 0.29) is 39.3 Å². The standard InChI is InChI=1S/C16H13BrF3N5O2S/c1-7-4-9(16(18,19)20)23-15-11(7)12(13(28-15)14(21)27)24-10(26)2-3-25-6-8(17)5-22-25/h4-6H,2-3H2,1H3,(H2,21,27)(H,24,26). The molecule has 28 heavy (non-hydrogen) atoms. The second kappa shape index (κ2) is 7.51. The Balaban J connectivity index is 1.93. The van der Waals surface area contributed by atoms with Gasteiger partial charge in [-0.3, -0.25) is 14.3 Å². The lowest BCUT2D eigenvalue weighted by Crippen LogP contribution is -2.18. The van der Waals surface area contributed by atoms with Crippen molar-refractivity contribution in [2.75, 3.05) is 5.32 Å². The van der Waals surface area contributed by atoms with Crippen molar-refractivity contribution in [1.82, 2.24) is 14.8 Å². The molecule has 148 valence electrons. The normalized spacial score (nSPS) is 11.8. The molecule has 3 N–H and O–H groups in total. The van der Waals surface area contributed by atoms with Crippen LogP contribution in [0.5, 0.6) is 0 Å². The molecular weight excluding hydrogens is 463 g/mol. The number of halogens is 4. The van der Waals surface area contributed by atoms with Gasteiger partial charge in [-0.05, 0) is 34.5 Å². The summed E-state index contributed by atoms with van der Waals surface area (Å²) >= 11 is 3.96. The summed E-state index contributed by atoms with van der Waals surface area (Å²) < 4.78 is 41.3. The monoisotopic (exact) mass is 475 g/mol. The van der Waals surface area contributed by atoms with Crippen LogP contribution in [-0.4, -0.2) is 26.6 Å². The van der Waals surface area contributed by atoms with Crippen molar-refractivity contribution in [2.24, 2.45) is 5.73 Å². The zero-order chi connectivity index (χ0) is 20.6. The molecule has 3 heterocycles. The van der Waals surface area contributed by atoms with Crippen LogP contribution in [0, 0.1) is 6.92 Å². The number of pyridine rings is 1. The topological polar surface area (TPSA) is 103 Å². The van der Waals surface area contributed by atoms with E-state index in [1.165, 1.54) is 6.92 Å². The summed E-state index contributed by atoms with van der Waals surface area (Å²) in [6, 6.07) is 0.872. The van der Waals surface area contributed by atoms with Crippen LogP contribution in [0.15, 0.2) is 22.9 Å². The number of hydrogen-bond donors (Lipinski definition) is 2. The van der Waals surface area contributed by atoms with Gasteiger partial charge in [0.25, 0.3) is 5.91 Å². The lowest BCUT2D eigenvalue weighted by Gasteiger charge is -2.10. The molecule has 0 atom stereocenters. The molecule has 7 nitrogen and oxygen atoms in total. The predicted octanol–water partition coefficient (Wildman–Crippen LogP) is 3.71. The molecule has 0 aliphatic rings. The SMILES string of the molecule is Cc1cc(C(F)(F)F)nc2sc(C(N)=O)c(NC(=O)CCn3cc(Br)cn3)c12. The number of aromatic nitrogens is 3. The van der Waals surface area contributed by atoms with Crippen molar-refractivity contribution in [3.05, 3.63) is 39.1 Å². The van der Waals surface area contributed by atoms with Crippen LogP contribution in [0.2, 0.25) is 0 Å². The molecule has 12 heteroatoms. The largest absolute Gasteiger partial charge is 0.433 e. The number of alkyl halides is 3. The highest BCUT2D eigenvalue weighted by atomic mass is 79.9. The number of fused-ring (bicyclic) bond motifs is 1. The van der Waals surface area contributed by atoms with Crippen LogP contribution in [-0.2, 0) is 17.5 Å². The molecule has 0 radical (unpaired) electrons. The second-order valence-electron chi connectivity index (χ2n) is 5.89. The first-order chi connectivity index (χ1) is 13.1. The number of nitrogens with two attached hydrogens (primary N) is 1. The molecule has 0 spiro atoms. The van der Waals surface area contributed by atoms with Crippen LogP contribution in [0.25, 0.3) is 10.2 Å². The molecule has 0 aromatic carbocycles. The van der Waals surface area contributed by atoms with Crippen molar-refractivity contribution in [3.63, 3.8) is 0 Å². The number of carbonyl (C=O) groups excluding carboxylic acids is 2. The molecule has 0 unspecified atom stereocenters. The summed E-state index contributed by atoms with van der Waals surface area (Å²) in [7, 11) is 0. The molecule has 0 aliphatic carbocycles. The van der Waals surface area contributed by atoms with Crippen LogP contribution in [0.4, 0.5) is 18.9 Å². The molecule has 3 rings (SSSR count). The summed E-state index contributed by atoms with van der Waals surface area (Å²) in [4.78, 5) is 27.6. The molecule has 2 amide bonds. The number of aryl methyl sites for hydroxylation is 2. The van der Waals surface area contributed by atoms with Crippen molar-refractivity contribution in [2.45, 2.75) is 26.1 Å². The van der Waals surface area contributed by atoms with E-state index in [1.807, 2.05) is 0 Å². The minimum absolute atomic E-state index is 0.0209. The average molecular weight is 476 g/mol. The molecular formula is C16H13BrF3N5O2S. The highest BCUT2D eigenvalue weighted by Gasteiger charge is 2.34. The number of hydrogen-bond acceptors (Lipinski definition) is 5. The lowest BCUT2D eigenvalue weighted by atomic mass is 10.1. The Hall–Kier alpha value is -2.47. The third kappa shape index (κ3) is 4.17. The Morgan fingerprint density at radius 1 is 1.39 bits per heavy atom. The Bertz CT molecular complexity index is 1080. The third-order valence-corrected chi connectivity index (χ3v) is 5.32. The van der Waals surface area contributed by atoms with Gasteiger partial charge in [0.1, 0.15) is 15.4 Å². The van der Waals surface area contributed by atoms with Crippen LogP contribution >= 0.6 is 27.3 Å². The van der Waals surface area contributed by atoms with E-state index in [9.17, 15) is 22.8 Å². The fraction of sp³-hybridized carbons (Fsp3) is 0.250. The molecule has 0 saturated carbocycles. The maximum atomic E-state index is 13.0. The van der Waals surface area contributed by atoms with Crippen LogP contribution in [0.1, 0.15) is 27.3 Å². The highest BCUT2D eigenvalue weighted by molar-refractivity contribution is 9.10.